The van der Waals surface area contributed by atoms with Gasteiger partial charge in [-0.3, -0.25) is 9.59 Å². The molecule has 1 aromatic rings. The van der Waals surface area contributed by atoms with E-state index in [9.17, 15) is 9.59 Å². The van der Waals surface area contributed by atoms with Crippen molar-refractivity contribution in [3.05, 3.63) is 28.7 Å². The normalized spacial score (nSPS) is 21.0. The van der Waals surface area contributed by atoms with Crippen LogP contribution in [-0.4, -0.2) is 34.2 Å². The summed E-state index contributed by atoms with van der Waals surface area (Å²) in [7, 11) is 1.78. The second-order valence-electron chi connectivity index (χ2n) is 3.89. The SMILES string of the molecule is CN1CC(Cn2ncccc2=O)CC1=O. The summed E-state index contributed by atoms with van der Waals surface area (Å²) in [5.41, 5.74) is -0.112. The lowest BCUT2D eigenvalue weighted by Crippen LogP contribution is -2.26. The van der Waals surface area contributed by atoms with Gasteiger partial charge in [0.1, 0.15) is 0 Å². The van der Waals surface area contributed by atoms with Crippen LogP contribution >= 0.6 is 0 Å². The van der Waals surface area contributed by atoms with E-state index in [0.717, 1.165) is 0 Å². The van der Waals surface area contributed by atoms with Crippen LogP contribution in [0.1, 0.15) is 6.42 Å². The molecule has 2 rings (SSSR count). The second-order valence-corrected chi connectivity index (χ2v) is 3.89. The van der Waals surface area contributed by atoms with Gasteiger partial charge < -0.3 is 4.90 Å². The van der Waals surface area contributed by atoms with E-state index in [-0.39, 0.29) is 17.4 Å². The summed E-state index contributed by atoms with van der Waals surface area (Å²) in [6.45, 7) is 1.23. The van der Waals surface area contributed by atoms with Crippen LogP contribution < -0.4 is 5.56 Å². The van der Waals surface area contributed by atoms with Crippen molar-refractivity contribution in [3.63, 3.8) is 0 Å². The van der Waals surface area contributed by atoms with E-state index in [4.69, 9.17) is 0 Å². The van der Waals surface area contributed by atoms with Gasteiger partial charge in [-0.05, 0) is 6.07 Å². The summed E-state index contributed by atoms with van der Waals surface area (Å²) in [5.74, 6) is 0.346. The first-order valence-electron chi connectivity index (χ1n) is 4.93. The molecule has 1 fully saturated rings. The number of amides is 1. The van der Waals surface area contributed by atoms with Gasteiger partial charge in [-0.2, -0.15) is 5.10 Å². The van der Waals surface area contributed by atoms with E-state index in [1.165, 1.54) is 10.7 Å². The first kappa shape index (κ1) is 9.89. The Labute approximate surface area is 87.3 Å². The van der Waals surface area contributed by atoms with E-state index >= 15 is 0 Å². The van der Waals surface area contributed by atoms with Crippen molar-refractivity contribution in [1.82, 2.24) is 14.7 Å². The Morgan fingerprint density at radius 3 is 2.93 bits per heavy atom. The summed E-state index contributed by atoms with van der Waals surface area (Å²) in [5, 5.41) is 3.97. The summed E-state index contributed by atoms with van der Waals surface area (Å²) < 4.78 is 1.41. The van der Waals surface area contributed by atoms with Crippen molar-refractivity contribution in [1.29, 1.82) is 0 Å². The van der Waals surface area contributed by atoms with Crippen molar-refractivity contribution in [2.24, 2.45) is 5.92 Å². The van der Waals surface area contributed by atoms with Crippen LogP contribution in [0.15, 0.2) is 23.1 Å². The number of likely N-dealkylation sites (tertiary alicyclic amines) is 1. The van der Waals surface area contributed by atoms with Crippen LogP contribution in [0.25, 0.3) is 0 Å². The molecule has 80 valence electrons. The zero-order chi connectivity index (χ0) is 10.8. The predicted molar refractivity (Wildman–Crippen MR) is 54.2 cm³/mol. The summed E-state index contributed by atoms with van der Waals surface area (Å²) in [6, 6.07) is 3.10. The maximum absolute atomic E-state index is 11.4. The Morgan fingerprint density at radius 1 is 1.53 bits per heavy atom. The minimum Gasteiger partial charge on any atom is -0.345 e. The smallest absolute Gasteiger partial charge is 0.266 e. The molecule has 5 nitrogen and oxygen atoms in total. The van der Waals surface area contributed by atoms with E-state index < -0.39 is 0 Å². The average Bonchev–Trinajstić information content (AvgIpc) is 2.50. The highest BCUT2D eigenvalue weighted by Gasteiger charge is 2.27. The monoisotopic (exact) mass is 207 g/mol. The molecular formula is C10H13N3O2. The second kappa shape index (κ2) is 3.84. The Hall–Kier alpha value is -1.65. The van der Waals surface area contributed by atoms with Crippen molar-refractivity contribution in [3.8, 4) is 0 Å². The molecule has 2 heterocycles. The molecule has 1 aliphatic heterocycles. The molecule has 1 aliphatic rings. The fraction of sp³-hybridized carbons (Fsp3) is 0.500. The maximum atomic E-state index is 11.4. The highest BCUT2D eigenvalue weighted by molar-refractivity contribution is 5.78. The zero-order valence-electron chi connectivity index (χ0n) is 8.59. The molecule has 0 aromatic carbocycles. The van der Waals surface area contributed by atoms with Crippen molar-refractivity contribution >= 4 is 5.91 Å². The van der Waals surface area contributed by atoms with Crippen LogP contribution in [0, 0.1) is 5.92 Å². The fourth-order valence-electron chi connectivity index (χ4n) is 1.85. The number of carbonyl (C=O) groups is 1. The summed E-state index contributed by atoms with van der Waals surface area (Å²) >= 11 is 0. The lowest BCUT2D eigenvalue weighted by atomic mass is 10.1. The van der Waals surface area contributed by atoms with Crippen molar-refractivity contribution < 1.29 is 4.79 Å². The van der Waals surface area contributed by atoms with Gasteiger partial charge in [0.25, 0.3) is 5.56 Å². The Bertz CT molecular complexity index is 427. The minimum atomic E-state index is -0.112. The zero-order valence-corrected chi connectivity index (χ0v) is 8.59. The van der Waals surface area contributed by atoms with Gasteiger partial charge in [0.05, 0.1) is 0 Å². The first-order chi connectivity index (χ1) is 7.16. The topological polar surface area (TPSA) is 55.2 Å². The molecule has 1 aromatic heterocycles. The van der Waals surface area contributed by atoms with Crippen LogP contribution in [0.5, 0.6) is 0 Å². The van der Waals surface area contributed by atoms with Crippen LogP contribution in [-0.2, 0) is 11.3 Å². The summed E-state index contributed by atoms with van der Waals surface area (Å²) in [6.07, 6.45) is 2.10. The molecule has 1 atom stereocenters. The molecule has 1 unspecified atom stereocenters. The summed E-state index contributed by atoms with van der Waals surface area (Å²) in [4.78, 5) is 24.3. The average molecular weight is 207 g/mol. The molecule has 5 heteroatoms. The van der Waals surface area contributed by atoms with Gasteiger partial charge in [0, 0.05) is 44.7 Å². The van der Waals surface area contributed by atoms with E-state index in [0.29, 0.717) is 19.5 Å². The van der Waals surface area contributed by atoms with E-state index in [1.807, 2.05) is 0 Å². The van der Waals surface area contributed by atoms with Crippen molar-refractivity contribution in [2.45, 2.75) is 13.0 Å². The Morgan fingerprint density at radius 2 is 2.33 bits per heavy atom. The molecule has 0 radical (unpaired) electrons. The number of nitrogens with zero attached hydrogens (tertiary/aromatic N) is 3. The highest BCUT2D eigenvalue weighted by Crippen LogP contribution is 2.16. The molecule has 0 N–H and O–H groups in total. The lowest BCUT2D eigenvalue weighted by Gasteiger charge is -2.10. The number of hydrogen-bond acceptors (Lipinski definition) is 3. The first-order valence-corrected chi connectivity index (χ1v) is 4.93. The minimum absolute atomic E-state index is 0.112. The predicted octanol–water partition coefficient (Wildman–Crippen LogP) is -0.278. The molecule has 1 saturated heterocycles. The molecule has 0 spiro atoms. The van der Waals surface area contributed by atoms with Crippen LogP contribution in [0.4, 0.5) is 0 Å². The number of aromatic nitrogens is 2. The quantitative estimate of drug-likeness (QED) is 0.670. The van der Waals surface area contributed by atoms with Crippen molar-refractivity contribution in [2.75, 3.05) is 13.6 Å². The van der Waals surface area contributed by atoms with Gasteiger partial charge in [-0.25, -0.2) is 4.68 Å². The third-order valence-corrected chi connectivity index (χ3v) is 2.64. The highest BCUT2D eigenvalue weighted by atomic mass is 16.2. The standard InChI is InChI=1S/C10H13N3O2/c1-12-6-8(5-10(12)15)7-13-9(14)3-2-4-11-13/h2-4,8H,5-7H2,1H3. The Balaban J connectivity index is 2.08. The molecular weight excluding hydrogens is 194 g/mol. The number of carbonyl (C=O) groups excluding carboxylic acids is 1. The molecule has 0 saturated carbocycles. The number of hydrogen-bond donors (Lipinski definition) is 0. The molecule has 0 bridgehead atoms. The van der Waals surface area contributed by atoms with Gasteiger partial charge in [-0.15, -0.1) is 0 Å². The van der Waals surface area contributed by atoms with Crippen LogP contribution in [0.2, 0.25) is 0 Å². The third kappa shape index (κ3) is 2.06. The fourth-order valence-corrected chi connectivity index (χ4v) is 1.85. The number of rotatable bonds is 2. The van der Waals surface area contributed by atoms with Gasteiger partial charge in [0.2, 0.25) is 5.91 Å². The molecule has 15 heavy (non-hydrogen) atoms. The van der Waals surface area contributed by atoms with Gasteiger partial charge in [-0.1, -0.05) is 0 Å². The van der Waals surface area contributed by atoms with Crippen LogP contribution in [0.3, 0.4) is 0 Å². The maximum Gasteiger partial charge on any atom is 0.266 e. The van der Waals surface area contributed by atoms with Gasteiger partial charge in [0.15, 0.2) is 0 Å². The van der Waals surface area contributed by atoms with E-state index in [2.05, 4.69) is 5.10 Å². The Kier molecular flexibility index (Phi) is 2.53. The largest absolute Gasteiger partial charge is 0.345 e. The van der Waals surface area contributed by atoms with Gasteiger partial charge >= 0.3 is 0 Å². The molecule has 1 amide bonds. The lowest BCUT2D eigenvalue weighted by molar-refractivity contribution is -0.126. The third-order valence-electron chi connectivity index (χ3n) is 2.64. The molecule has 0 aliphatic carbocycles. The van der Waals surface area contributed by atoms with E-state index in [1.54, 1.807) is 24.2 Å².